The Morgan fingerprint density at radius 3 is 2.68 bits per heavy atom. The molecule has 0 aliphatic carbocycles. The van der Waals surface area contributed by atoms with E-state index in [1.165, 1.54) is 4.57 Å². The first-order valence-electron chi connectivity index (χ1n) is 9.17. The fourth-order valence-electron chi connectivity index (χ4n) is 2.91. The highest BCUT2D eigenvalue weighted by molar-refractivity contribution is 5.80. The molecule has 2 heterocycles. The van der Waals surface area contributed by atoms with Crippen LogP contribution >= 0.6 is 0 Å². The summed E-state index contributed by atoms with van der Waals surface area (Å²) in [5.41, 5.74) is 3.53. The van der Waals surface area contributed by atoms with Gasteiger partial charge in [-0.3, -0.25) is 14.3 Å². The average molecular weight is 384 g/mol. The number of aromatic nitrogens is 4. The van der Waals surface area contributed by atoms with Crippen molar-refractivity contribution >= 4 is 23.3 Å². The fraction of sp³-hybridized carbons (Fsp3) is 0.368. The normalized spacial score (nSPS) is 11.4. The summed E-state index contributed by atoms with van der Waals surface area (Å²) in [5.74, 6) is 1.19. The summed E-state index contributed by atoms with van der Waals surface area (Å²) in [5, 5.41) is 4.23. The molecule has 9 nitrogen and oxygen atoms in total. The molecule has 0 aliphatic heterocycles. The number of hydrogen-bond acceptors (Lipinski definition) is 6. The molecular weight excluding hydrogens is 360 g/mol. The van der Waals surface area contributed by atoms with Crippen LogP contribution in [0.15, 0.2) is 39.0 Å². The summed E-state index contributed by atoms with van der Waals surface area (Å²) in [6.45, 7) is 2.72. The molecule has 0 aliphatic rings. The van der Waals surface area contributed by atoms with Crippen molar-refractivity contribution in [3.8, 4) is 5.75 Å². The van der Waals surface area contributed by atoms with Crippen LogP contribution in [0, 0.1) is 0 Å². The van der Waals surface area contributed by atoms with Gasteiger partial charge in [-0.2, -0.15) is 10.1 Å². The zero-order valence-electron chi connectivity index (χ0n) is 16.2. The lowest BCUT2D eigenvalue weighted by Crippen LogP contribution is -2.29. The number of methoxy groups -OCH3 is 1. The number of nitrogens with one attached hydrogen (secondary N) is 2. The van der Waals surface area contributed by atoms with E-state index < -0.39 is 11.2 Å². The van der Waals surface area contributed by atoms with Crippen molar-refractivity contribution in [1.29, 1.82) is 0 Å². The molecule has 0 fully saturated rings. The van der Waals surface area contributed by atoms with E-state index >= 15 is 0 Å². The lowest BCUT2D eigenvalue weighted by Gasteiger charge is -2.07. The largest absolute Gasteiger partial charge is 0.497 e. The molecular formula is C19H24N6O3. The average Bonchev–Trinajstić information content (AvgIpc) is 3.06. The number of imidazole rings is 1. The SMILES string of the molecule is CCCCCn1c(N/N=C/c2ccc(OC)cc2)nc2c1c(=O)[nH]c(=O)n2C. The number of fused-ring (bicyclic) bond motifs is 1. The summed E-state index contributed by atoms with van der Waals surface area (Å²) < 4.78 is 8.23. The van der Waals surface area contributed by atoms with E-state index in [2.05, 4.69) is 27.4 Å². The van der Waals surface area contributed by atoms with Gasteiger partial charge < -0.3 is 9.30 Å². The van der Waals surface area contributed by atoms with Crippen LogP contribution in [-0.2, 0) is 13.6 Å². The number of H-pyrrole nitrogens is 1. The summed E-state index contributed by atoms with van der Waals surface area (Å²) in [4.78, 5) is 31.0. The van der Waals surface area contributed by atoms with Crippen molar-refractivity contribution in [2.75, 3.05) is 12.5 Å². The highest BCUT2D eigenvalue weighted by atomic mass is 16.5. The molecule has 3 aromatic rings. The maximum atomic E-state index is 12.4. The van der Waals surface area contributed by atoms with Crippen molar-refractivity contribution in [3.63, 3.8) is 0 Å². The molecule has 9 heteroatoms. The number of aromatic amines is 1. The zero-order valence-corrected chi connectivity index (χ0v) is 16.2. The lowest BCUT2D eigenvalue weighted by atomic mass is 10.2. The second-order valence-electron chi connectivity index (χ2n) is 6.43. The Morgan fingerprint density at radius 2 is 2.00 bits per heavy atom. The van der Waals surface area contributed by atoms with E-state index in [4.69, 9.17) is 4.74 Å². The Bertz CT molecular complexity index is 1090. The van der Waals surface area contributed by atoms with Gasteiger partial charge in [-0.1, -0.05) is 19.8 Å². The van der Waals surface area contributed by atoms with Gasteiger partial charge in [0, 0.05) is 13.6 Å². The number of hydrazone groups is 1. The van der Waals surface area contributed by atoms with Crippen LogP contribution in [0.3, 0.4) is 0 Å². The third kappa shape index (κ3) is 3.98. The van der Waals surface area contributed by atoms with E-state index in [-0.39, 0.29) is 0 Å². The van der Waals surface area contributed by atoms with Gasteiger partial charge in [0.15, 0.2) is 11.2 Å². The standard InChI is InChI=1S/C19H24N6O3/c1-4-5-6-11-25-15-16(24(2)19(27)22-17(15)26)21-18(25)23-20-12-13-7-9-14(28-3)10-8-13/h7-10,12H,4-6,11H2,1-3H3,(H,21,23)(H,22,26,27)/b20-12+. The molecule has 0 saturated carbocycles. The topological polar surface area (TPSA) is 106 Å². The second kappa shape index (κ2) is 8.55. The van der Waals surface area contributed by atoms with Crippen molar-refractivity contribution in [3.05, 3.63) is 50.7 Å². The first-order valence-corrected chi connectivity index (χ1v) is 9.17. The highest BCUT2D eigenvalue weighted by Crippen LogP contribution is 2.17. The molecule has 0 bridgehead atoms. The van der Waals surface area contributed by atoms with Crippen LogP contribution in [0.4, 0.5) is 5.95 Å². The number of rotatable bonds is 8. The molecule has 3 rings (SSSR count). The molecule has 148 valence electrons. The van der Waals surface area contributed by atoms with Crippen LogP contribution in [0.2, 0.25) is 0 Å². The predicted octanol–water partition coefficient (Wildman–Crippen LogP) is 2.07. The van der Waals surface area contributed by atoms with Gasteiger partial charge in [0.05, 0.1) is 13.3 Å². The molecule has 0 radical (unpaired) electrons. The maximum Gasteiger partial charge on any atom is 0.329 e. The summed E-state index contributed by atoms with van der Waals surface area (Å²) in [6.07, 6.45) is 4.62. The van der Waals surface area contributed by atoms with Gasteiger partial charge in [0.1, 0.15) is 5.75 Å². The predicted molar refractivity (Wildman–Crippen MR) is 109 cm³/mol. The Morgan fingerprint density at radius 1 is 1.25 bits per heavy atom. The zero-order chi connectivity index (χ0) is 20.1. The fourth-order valence-corrected chi connectivity index (χ4v) is 2.91. The number of anilines is 1. The van der Waals surface area contributed by atoms with Gasteiger partial charge in [-0.05, 0) is 36.2 Å². The van der Waals surface area contributed by atoms with Crippen molar-refractivity contribution < 1.29 is 4.74 Å². The number of aryl methyl sites for hydroxylation is 2. The van der Waals surface area contributed by atoms with E-state index in [9.17, 15) is 9.59 Å². The number of nitrogens with zero attached hydrogens (tertiary/aromatic N) is 4. The maximum absolute atomic E-state index is 12.4. The molecule has 0 amide bonds. The van der Waals surface area contributed by atoms with Gasteiger partial charge in [0.2, 0.25) is 5.95 Å². The van der Waals surface area contributed by atoms with Crippen LogP contribution in [0.25, 0.3) is 11.2 Å². The summed E-state index contributed by atoms with van der Waals surface area (Å²) in [7, 11) is 3.19. The smallest absolute Gasteiger partial charge is 0.329 e. The minimum atomic E-state index is -0.496. The van der Waals surface area contributed by atoms with Gasteiger partial charge in [-0.25, -0.2) is 10.2 Å². The quantitative estimate of drug-likeness (QED) is 0.351. The Kier molecular flexibility index (Phi) is 5.93. The third-order valence-electron chi connectivity index (χ3n) is 4.49. The number of benzene rings is 1. The van der Waals surface area contributed by atoms with Crippen LogP contribution in [0.5, 0.6) is 5.75 Å². The Hall–Kier alpha value is -3.36. The number of unbranched alkanes of at least 4 members (excludes halogenated alkanes) is 2. The molecule has 0 unspecified atom stereocenters. The third-order valence-corrected chi connectivity index (χ3v) is 4.49. The minimum absolute atomic E-state index is 0.326. The molecule has 0 spiro atoms. The van der Waals surface area contributed by atoms with Crippen molar-refractivity contribution in [2.24, 2.45) is 12.1 Å². The van der Waals surface area contributed by atoms with Gasteiger partial charge in [-0.15, -0.1) is 0 Å². The van der Waals surface area contributed by atoms with Gasteiger partial charge >= 0.3 is 5.69 Å². The van der Waals surface area contributed by atoms with Crippen LogP contribution in [0.1, 0.15) is 31.7 Å². The minimum Gasteiger partial charge on any atom is -0.497 e. The first-order chi connectivity index (χ1) is 13.5. The molecule has 0 atom stereocenters. The van der Waals surface area contributed by atoms with E-state index in [1.54, 1.807) is 24.9 Å². The van der Waals surface area contributed by atoms with E-state index in [0.29, 0.717) is 23.7 Å². The lowest BCUT2D eigenvalue weighted by molar-refractivity contribution is 0.415. The highest BCUT2D eigenvalue weighted by Gasteiger charge is 2.16. The summed E-state index contributed by atoms with van der Waals surface area (Å²) in [6, 6.07) is 7.44. The molecule has 1 aromatic carbocycles. The monoisotopic (exact) mass is 384 g/mol. The van der Waals surface area contributed by atoms with Crippen molar-refractivity contribution in [1.82, 2.24) is 19.1 Å². The van der Waals surface area contributed by atoms with Crippen molar-refractivity contribution in [2.45, 2.75) is 32.7 Å². The van der Waals surface area contributed by atoms with E-state index in [0.717, 1.165) is 30.6 Å². The molecule has 2 aromatic heterocycles. The summed E-state index contributed by atoms with van der Waals surface area (Å²) >= 11 is 0. The Balaban J connectivity index is 1.94. The second-order valence-corrected chi connectivity index (χ2v) is 6.43. The van der Waals surface area contributed by atoms with Crippen LogP contribution in [-0.4, -0.2) is 32.4 Å². The van der Waals surface area contributed by atoms with E-state index in [1.807, 2.05) is 24.3 Å². The van der Waals surface area contributed by atoms with Gasteiger partial charge in [0.25, 0.3) is 5.56 Å². The first kappa shape index (κ1) is 19.4. The number of hydrogen-bond donors (Lipinski definition) is 2. The molecule has 0 saturated heterocycles. The number of ether oxygens (including phenoxy) is 1. The van der Waals surface area contributed by atoms with Crippen LogP contribution < -0.4 is 21.4 Å². The Labute approximate surface area is 161 Å². The molecule has 2 N–H and O–H groups in total. The molecule has 28 heavy (non-hydrogen) atoms.